The van der Waals surface area contributed by atoms with Crippen molar-refractivity contribution in [1.29, 1.82) is 0 Å². The highest BCUT2D eigenvalue weighted by Gasteiger charge is 2.28. The molecule has 2 rings (SSSR count). The SMILES string of the molecule is COc1c(CC(=O)O)c(C(C)C)nn1C1CCCC1. The molecule has 1 aliphatic rings. The average Bonchev–Trinajstić information content (AvgIpc) is 2.94. The van der Waals surface area contributed by atoms with Gasteiger partial charge >= 0.3 is 5.97 Å². The minimum absolute atomic E-state index is 0.0244. The van der Waals surface area contributed by atoms with E-state index in [4.69, 9.17) is 9.84 Å². The first-order valence-electron chi connectivity index (χ1n) is 6.91. The number of ether oxygens (including phenoxy) is 1. The van der Waals surface area contributed by atoms with Gasteiger partial charge in [0.15, 0.2) is 0 Å². The van der Waals surface area contributed by atoms with E-state index in [0.717, 1.165) is 24.1 Å². The van der Waals surface area contributed by atoms with Crippen LogP contribution in [0.5, 0.6) is 5.88 Å². The maximum Gasteiger partial charge on any atom is 0.308 e. The molecule has 0 spiro atoms. The van der Waals surface area contributed by atoms with Gasteiger partial charge < -0.3 is 9.84 Å². The smallest absolute Gasteiger partial charge is 0.308 e. The molecule has 19 heavy (non-hydrogen) atoms. The Labute approximate surface area is 113 Å². The van der Waals surface area contributed by atoms with Crippen molar-refractivity contribution in [3.63, 3.8) is 0 Å². The molecule has 0 aromatic carbocycles. The lowest BCUT2D eigenvalue weighted by Crippen LogP contribution is -2.09. The van der Waals surface area contributed by atoms with Gasteiger partial charge in [-0.1, -0.05) is 26.7 Å². The number of aromatic nitrogens is 2. The van der Waals surface area contributed by atoms with E-state index in [2.05, 4.69) is 5.10 Å². The maximum atomic E-state index is 11.0. The second-order valence-electron chi connectivity index (χ2n) is 5.48. The molecule has 0 saturated heterocycles. The zero-order valence-corrected chi connectivity index (χ0v) is 11.8. The first-order chi connectivity index (χ1) is 9.04. The summed E-state index contributed by atoms with van der Waals surface area (Å²) in [5.41, 5.74) is 1.59. The molecule has 0 atom stereocenters. The summed E-state index contributed by atoms with van der Waals surface area (Å²) in [5, 5.41) is 13.7. The van der Waals surface area contributed by atoms with Crippen molar-refractivity contribution in [2.75, 3.05) is 7.11 Å². The second kappa shape index (κ2) is 5.63. The molecule has 0 aliphatic heterocycles. The normalized spacial score (nSPS) is 16.2. The molecule has 5 heteroatoms. The highest BCUT2D eigenvalue weighted by atomic mass is 16.5. The Morgan fingerprint density at radius 2 is 2.11 bits per heavy atom. The van der Waals surface area contributed by atoms with Gasteiger partial charge in [0.1, 0.15) is 0 Å². The fourth-order valence-electron chi connectivity index (χ4n) is 2.86. The lowest BCUT2D eigenvalue weighted by molar-refractivity contribution is -0.136. The fourth-order valence-corrected chi connectivity index (χ4v) is 2.86. The third kappa shape index (κ3) is 2.74. The number of carboxylic acid groups (broad SMARTS) is 1. The quantitative estimate of drug-likeness (QED) is 0.890. The largest absolute Gasteiger partial charge is 0.481 e. The molecule has 5 nitrogen and oxygen atoms in total. The van der Waals surface area contributed by atoms with Gasteiger partial charge in [-0.25, -0.2) is 4.68 Å². The predicted octanol–water partition coefficient (Wildman–Crippen LogP) is 2.76. The first-order valence-corrected chi connectivity index (χ1v) is 6.91. The van der Waals surface area contributed by atoms with Crippen LogP contribution in [-0.4, -0.2) is 28.0 Å². The van der Waals surface area contributed by atoms with Crippen LogP contribution in [0.3, 0.4) is 0 Å². The van der Waals surface area contributed by atoms with Gasteiger partial charge in [-0.3, -0.25) is 4.79 Å². The molecular formula is C14H22N2O3. The Kier molecular flexibility index (Phi) is 4.12. The minimum Gasteiger partial charge on any atom is -0.481 e. The lowest BCUT2D eigenvalue weighted by Gasteiger charge is -2.13. The van der Waals surface area contributed by atoms with Crippen LogP contribution in [0, 0.1) is 0 Å². The number of rotatable bonds is 5. The fraction of sp³-hybridized carbons (Fsp3) is 0.714. The third-order valence-electron chi connectivity index (χ3n) is 3.73. The maximum absolute atomic E-state index is 11.0. The van der Waals surface area contributed by atoms with Crippen LogP contribution in [0.25, 0.3) is 0 Å². The molecule has 0 amide bonds. The first kappa shape index (κ1) is 13.9. The van der Waals surface area contributed by atoms with Gasteiger partial charge in [0.25, 0.3) is 0 Å². The van der Waals surface area contributed by atoms with Crippen LogP contribution >= 0.6 is 0 Å². The van der Waals surface area contributed by atoms with Gasteiger partial charge in [-0.05, 0) is 18.8 Å². The molecule has 0 bridgehead atoms. The van der Waals surface area contributed by atoms with Crippen molar-refractivity contribution in [3.05, 3.63) is 11.3 Å². The summed E-state index contributed by atoms with van der Waals surface area (Å²) in [6.45, 7) is 4.07. The zero-order chi connectivity index (χ0) is 14.0. The van der Waals surface area contributed by atoms with Gasteiger partial charge in [-0.15, -0.1) is 0 Å². The van der Waals surface area contributed by atoms with E-state index in [1.54, 1.807) is 7.11 Å². The van der Waals surface area contributed by atoms with Crippen molar-refractivity contribution < 1.29 is 14.6 Å². The summed E-state index contributed by atoms with van der Waals surface area (Å²) in [6, 6.07) is 0.356. The van der Waals surface area contributed by atoms with E-state index in [0.29, 0.717) is 11.9 Å². The van der Waals surface area contributed by atoms with Crippen LogP contribution in [0.2, 0.25) is 0 Å². The summed E-state index contributed by atoms with van der Waals surface area (Å²) in [4.78, 5) is 11.0. The second-order valence-corrected chi connectivity index (χ2v) is 5.48. The Bertz CT molecular complexity index is 460. The highest BCUT2D eigenvalue weighted by Crippen LogP contribution is 2.36. The summed E-state index contributed by atoms with van der Waals surface area (Å²) in [6.07, 6.45) is 4.59. The molecule has 1 aliphatic carbocycles. The van der Waals surface area contributed by atoms with Gasteiger partial charge in [0, 0.05) is 5.56 Å². The number of carboxylic acids is 1. The van der Waals surface area contributed by atoms with Gasteiger partial charge in [-0.2, -0.15) is 5.10 Å². The molecule has 0 radical (unpaired) electrons. The van der Waals surface area contributed by atoms with Gasteiger partial charge in [0.05, 0.1) is 25.3 Å². The molecule has 1 fully saturated rings. The standard InChI is InChI=1S/C14H22N2O3/c1-9(2)13-11(8-12(17)18)14(19-3)16(15-13)10-6-4-5-7-10/h9-10H,4-8H2,1-3H3,(H,17,18). The molecule has 106 valence electrons. The van der Waals surface area contributed by atoms with Crippen LogP contribution in [0.4, 0.5) is 0 Å². The van der Waals surface area contributed by atoms with Crippen molar-refractivity contribution in [2.45, 2.75) is 57.9 Å². The molecule has 1 aromatic heterocycles. The van der Waals surface area contributed by atoms with E-state index in [1.807, 2.05) is 18.5 Å². The summed E-state index contributed by atoms with van der Waals surface area (Å²) in [5.74, 6) is -0.00456. The number of methoxy groups -OCH3 is 1. The number of nitrogens with zero attached hydrogens (tertiary/aromatic N) is 2. The molecule has 1 N–H and O–H groups in total. The average molecular weight is 266 g/mol. The van der Waals surface area contributed by atoms with Gasteiger partial charge in [0.2, 0.25) is 5.88 Å². The van der Waals surface area contributed by atoms with Crippen molar-refractivity contribution >= 4 is 5.97 Å². The van der Waals surface area contributed by atoms with Crippen LogP contribution < -0.4 is 4.74 Å². The molecular weight excluding hydrogens is 244 g/mol. The topological polar surface area (TPSA) is 64.3 Å². The van der Waals surface area contributed by atoms with E-state index < -0.39 is 5.97 Å². The lowest BCUT2D eigenvalue weighted by atomic mass is 10.0. The summed E-state index contributed by atoms with van der Waals surface area (Å²) < 4.78 is 7.38. The highest BCUT2D eigenvalue weighted by molar-refractivity contribution is 5.71. The van der Waals surface area contributed by atoms with E-state index >= 15 is 0 Å². The van der Waals surface area contributed by atoms with Crippen LogP contribution in [0.15, 0.2) is 0 Å². The molecule has 0 unspecified atom stereocenters. The summed E-state index contributed by atoms with van der Waals surface area (Å²) >= 11 is 0. The van der Waals surface area contributed by atoms with Crippen LogP contribution in [-0.2, 0) is 11.2 Å². The van der Waals surface area contributed by atoms with E-state index in [-0.39, 0.29) is 12.3 Å². The number of hydrogen-bond acceptors (Lipinski definition) is 3. The summed E-state index contributed by atoms with van der Waals surface area (Å²) in [7, 11) is 1.60. The Balaban J connectivity index is 2.45. The van der Waals surface area contributed by atoms with E-state index in [1.165, 1.54) is 12.8 Å². The molecule has 1 aromatic rings. The number of aliphatic carboxylic acids is 1. The minimum atomic E-state index is -0.842. The third-order valence-corrected chi connectivity index (χ3v) is 3.73. The van der Waals surface area contributed by atoms with E-state index in [9.17, 15) is 4.79 Å². The van der Waals surface area contributed by atoms with Crippen LogP contribution in [0.1, 0.15) is 62.7 Å². The van der Waals surface area contributed by atoms with Crippen molar-refractivity contribution in [3.8, 4) is 5.88 Å². The zero-order valence-electron chi connectivity index (χ0n) is 11.8. The van der Waals surface area contributed by atoms with Crippen molar-refractivity contribution in [2.24, 2.45) is 0 Å². The Hall–Kier alpha value is -1.52. The molecule has 1 saturated carbocycles. The Morgan fingerprint density at radius 1 is 1.47 bits per heavy atom. The monoisotopic (exact) mass is 266 g/mol. The number of hydrogen-bond donors (Lipinski definition) is 1. The van der Waals surface area contributed by atoms with Crippen molar-refractivity contribution in [1.82, 2.24) is 9.78 Å². The Morgan fingerprint density at radius 3 is 2.58 bits per heavy atom. The molecule has 1 heterocycles. The predicted molar refractivity (Wildman–Crippen MR) is 71.7 cm³/mol. The number of carbonyl (C=O) groups is 1.